The molecule has 0 aromatic heterocycles. The molecule has 3 aromatic carbocycles. The molecule has 3 rings (SSSR count). The molecule has 0 saturated carbocycles. The van der Waals surface area contributed by atoms with Crippen LogP contribution in [0.4, 0.5) is 0 Å². The van der Waals surface area contributed by atoms with Crippen molar-refractivity contribution in [2.75, 3.05) is 19.6 Å². The van der Waals surface area contributed by atoms with Crippen LogP contribution < -0.4 is 0 Å². The maximum Gasteiger partial charge on any atom is 0.0808 e. The third kappa shape index (κ3) is 4.02. The van der Waals surface area contributed by atoms with E-state index in [4.69, 9.17) is 0 Å². The Morgan fingerprint density at radius 1 is 0.800 bits per heavy atom. The van der Waals surface area contributed by atoms with Crippen LogP contribution in [0.2, 0.25) is 0 Å². The minimum atomic E-state index is -0.425. The van der Waals surface area contributed by atoms with E-state index in [2.05, 4.69) is 73.3 Å². The molecule has 0 aliphatic carbocycles. The van der Waals surface area contributed by atoms with Crippen molar-refractivity contribution < 1.29 is 5.11 Å². The Bertz CT molecular complexity index is 821. The van der Waals surface area contributed by atoms with E-state index in [1.54, 1.807) is 0 Å². The number of aliphatic hydroxyl groups is 1. The molecule has 2 nitrogen and oxygen atoms in total. The summed E-state index contributed by atoms with van der Waals surface area (Å²) in [6, 6.07) is 19.1. The Labute approximate surface area is 151 Å². The fraction of sp³-hybridized carbons (Fsp3) is 0.391. The lowest BCUT2D eigenvalue weighted by Crippen LogP contribution is -2.27. The second-order valence-corrected chi connectivity index (χ2v) is 6.88. The second-order valence-electron chi connectivity index (χ2n) is 6.88. The van der Waals surface area contributed by atoms with Crippen molar-refractivity contribution in [3.8, 4) is 0 Å². The molecular formula is C23H29NO. The van der Waals surface area contributed by atoms with Gasteiger partial charge in [-0.3, -0.25) is 0 Å². The van der Waals surface area contributed by atoms with E-state index in [1.165, 1.54) is 21.5 Å². The van der Waals surface area contributed by atoms with Crippen molar-refractivity contribution in [2.45, 2.75) is 39.2 Å². The Morgan fingerprint density at radius 2 is 1.40 bits per heavy atom. The standard InChI is InChI=1S/C23H29NO/c1-3-14-24(15-4-2)16-13-23(25)22-17-18-9-5-6-10-19(18)20-11-7-8-12-21(20)22/h5-12,17,23,25H,3-4,13-16H2,1-2H3. The molecule has 1 unspecified atom stereocenters. The van der Waals surface area contributed by atoms with Crippen molar-refractivity contribution in [3.05, 3.63) is 60.2 Å². The highest BCUT2D eigenvalue weighted by atomic mass is 16.3. The minimum Gasteiger partial charge on any atom is -0.388 e. The van der Waals surface area contributed by atoms with Gasteiger partial charge < -0.3 is 10.0 Å². The summed E-state index contributed by atoms with van der Waals surface area (Å²) < 4.78 is 0. The van der Waals surface area contributed by atoms with Crippen molar-refractivity contribution in [1.29, 1.82) is 0 Å². The second kappa shape index (κ2) is 8.46. The molecule has 0 heterocycles. The topological polar surface area (TPSA) is 23.5 Å². The smallest absolute Gasteiger partial charge is 0.0808 e. The van der Waals surface area contributed by atoms with Crippen LogP contribution in [0.15, 0.2) is 54.6 Å². The highest BCUT2D eigenvalue weighted by molar-refractivity contribution is 6.09. The summed E-state index contributed by atoms with van der Waals surface area (Å²) in [6.07, 6.45) is 2.68. The van der Waals surface area contributed by atoms with Crippen LogP contribution in [0.1, 0.15) is 44.8 Å². The number of fused-ring (bicyclic) bond motifs is 3. The maximum atomic E-state index is 10.9. The molecular weight excluding hydrogens is 306 g/mol. The molecule has 1 N–H and O–H groups in total. The van der Waals surface area contributed by atoms with Crippen LogP contribution >= 0.6 is 0 Å². The van der Waals surface area contributed by atoms with Gasteiger partial charge in [0.15, 0.2) is 0 Å². The number of rotatable bonds is 8. The van der Waals surface area contributed by atoms with Gasteiger partial charge in [0.25, 0.3) is 0 Å². The van der Waals surface area contributed by atoms with Gasteiger partial charge in [0, 0.05) is 6.54 Å². The zero-order chi connectivity index (χ0) is 17.6. The highest BCUT2D eigenvalue weighted by Crippen LogP contribution is 2.33. The van der Waals surface area contributed by atoms with E-state index in [0.717, 1.165) is 44.5 Å². The number of nitrogens with zero attached hydrogens (tertiary/aromatic N) is 1. The molecule has 0 fully saturated rings. The third-order valence-corrected chi connectivity index (χ3v) is 4.96. The lowest BCUT2D eigenvalue weighted by atomic mass is 9.93. The Morgan fingerprint density at radius 3 is 2.08 bits per heavy atom. The molecule has 0 spiro atoms. The summed E-state index contributed by atoms with van der Waals surface area (Å²) in [5, 5.41) is 15.8. The molecule has 0 aliphatic heterocycles. The fourth-order valence-corrected chi connectivity index (χ4v) is 3.79. The van der Waals surface area contributed by atoms with Gasteiger partial charge in [-0.05, 0) is 65.5 Å². The molecule has 1 atom stereocenters. The highest BCUT2D eigenvalue weighted by Gasteiger charge is 2.15. The number of hydrogen-bond acceptors (Lipinski definition) is 2. The Hall–Kier alpha value is -1.90. The van der Waals surface area contributed by atoms with E-state index in [1.807, 2.05) is 0 Å². The molecule has 3 aromatic rings. The average Bonchev–Trinajstić information content (AvgIpc) is 2.65. The van der Waals surface area contributed by atoms with Gasteiger partial charge in [0.2, 0.25) is 0 Å². The van der Waals surface area contributed by atoms with E-state index in [-0.39, 0.29) is 0 Å². The van der Waals surface area contributed by atoms with Crippen LogP contribution in [0.25, 0.3) is 21.5 Å². The summed E-state index contributed by atoms with van der Waals surface area (Å²) >= 11 is 0. The number of aliphatic hydroxyl groups excluding tert-OH is 1. The zero-order valence-corrected chi connectivity index (χ0v) is 15.4. The molecule has 0 aliphatic rings. The molecule has 0 saturated heterocycles. The number of benzene rings is 3. The van der Waals surface area contributed by atoms with E-state index in [9.17, 15) is 5.11 Å². The van der Waals surface area contributed by atoms with Crippen LogP contribution in [-0.4, -0.2) is 29.6 Å². The van der Waals surface area contributed by atoms with Crippen LogP contribution in [0.5, 0.6) is 0 Å². The largest absolute Gasteiger partial charge is 0.388 e. The Balaban J connectivity index is 1.91. The molecule has 0 radical (unpaired) electrons. The van der Waals surface area contributed by atoms with E-state index in [0.29, 0.717) is 0 Å². The van der Waals surface area contributed by atoms with Crippen LogP contribution in [-0.2, 0) is 0 Å². The first-order chi connectivity index (χ1) is 12.2. The fourth-order valence-electron chi connectivity index (χ4n) is 3.79. The lowest BCUT2D eigenvalue weighted by molar-refractivity contribution is 0.143. The van der Waals surface area contributed by atoms with E-state index < -0.39 is 6.10 Å². The monoisotopic (exact) mass is 335 g/mol. The molecule has 132 valence electrons. The van der Waals surface area contributed by atoms with Gasteiger partial charge in [-0.15, -0.1) is 0 Å². The summed E-state index contributed by atoms with van der Waals surface area (Å²) in [7, 11) is 0. The van der Waals surface area contributed by atoms with Crippen molar-refractivity contribution in [2.24, 2.45) is 0 Å². The van der Waals surface area contributed by atoms with Crippen LogP contribution in [0.3, 0.4) is 0 Å². The van der Waals surface area contributed by atoms with Gasteiger partial charge in [-0.2, -0.15) is 0 Å². The molecule has 25 heavy (non-hydrogen) atoms. The van der Waals surface area contributed by atoms with Gasteiger partial charge in [-0.25, -0.2) is 0 Å². The predicted molar refractivity (Wildman–Crippen MR) is 108 cm³/mol. The summed E-state index contributed by atoms with van der Waals surface area (Å²) in [5.74, 6) is 0. The minimum absolute atomic E-state index is 0.425. The van der Waals surface area contributed by atoms with Gasteiger partial charge >= 0.3 is 0 Å². The first-order valence-corrected chi connectivity index (χ1v) is 9.55. The Kier molecular flexibility index (Phi) is 6.06. The lowest BCUT2D eigenvalue weighted by Gasteiger charge is -2.23. The summed E-state index contributed by atoms with van der Waals surface area (Å²) in [5.41, 5.74) is 1.06. The van der Waals surface area contributed by atoms with Gasteiger partial charge in [-0.1, -0.05) is 62.4 Å². The first-order valence-electron chi connectivity index (χ1n) is 9.55. The van der Waals surface area contributed by atoms with Crippen molar-refractivity contribution in [3.63, 3.8) is 0 Å². The predicted octanol–water partition coefficient (Wildman–Crippen LogP) is 5.54. The average molecular weight is 335 g/mol. The molecule has 2 heteroatoms. The summed E-state index contributed by atoms with van der Waals surface area (Å²) in [6.45, 7) is 7.61. The van der Waals surface area contributed by atoms with Gasteiger partial charge in [0.05, 0.1) is 6.10 Å². The number of hydrogen-bond donors (Lipinski definition) is 1. The SMILES string of the molecule is CCCN(CCC)CCC(O)c1cc2ccccc2c2ccccc12. The summed E-state index contributed by atoms with van der Waals surface area (Å²) in [4.78, 5) is 2.46. The molecule has 0 bridgehead atoms. The van der Waals surface area contributed by atoms with Crippen molar-refractivity contribution in [1.82, 2.24) is 4.90 Å². The zero-order valence-electron chi connectivity index (χ0n) is 15.4. The van der Waals surface area contributed by atoms with Crippen LogP contribution in [0, 0.1) is 0 Å². The molecule has 0 amide bonds. The van der Waals surface area contributed by atoms with Gasteiger partial charge in [0.1, 0.15) is 0 Å². The normalized spacial score (nSPS) is 13.0. The van der Waals surface area contributed by atoms with Crippen molar-refractivity contribution >= 4 is 21.5 Å². The van der Waals surface area contributed by atoms with E-state index >= 15 is 0 Å². The maximum absolute atomic E-state index is 10.9. The third-order valence-electron chi connectivity index (χ3n) is 4.96. The quantitative estimate of drug-likeness (QED) is 0.546. The first kappa shape index (κ1) is 17.9.